The number of anilines is 1. The number of carbonyl (C=O) groups excluding carboxylic acids is 1. The molecule has 0 fully saturated rings. The predicted octanol–water partition coefficient (Wildman–Crippen LogP) is 3.74. The number of halogens is 1. The van der Waals surface area contributed by atoms with Gasteiger partial charge < -0.3 is 9.32 Å². The van der Waals surface area contributed by atoms with Crippen molar-refractivity contribution in [1.82, 2.24) is 4.72 Å². The van der Waals surface area contributed by atoms with Crippen molar-refractivity contribution in [1.29, 1.82) is 0 Å². The summed E-state index contributed by atoms with van der Waals surface area (Å²) < 4.78 is 66.4. The van der Waals surface area contributed by atoms with Gasteiger partial charge in [0, 0.05) is 21.0 Å². The van der Waals surface area contributed by atoms with Crippen LogP contribution in [0.1, 0.15) is 12.3 Å². The maximum atomic E-state index is 12.6. The van der Waals surface area contributed by atoms with E-state index in [4.69, 9.17) is 4.42 Å². The van der Waals surface area contributed by atoms with Gasteiger partial charge in [-0.1, -0.05) is 36.0 Å². The summed E-state index contributed by atoms with van der Waals surface area (Å²) in [4.78, 5) is 15.2. The van der Waals surface area contributed by atoms with Gasteiger partial charge in [0.1, 0.15) is 6.54 Å². The van der Waals surface area contributed by atoms with Crippen LogP contribution in [-0.2, 0) is 31.5 Å². The lowest BCUT2D eigenvalue weighted by Crippen LogP contribution is -2.39. The van der Waals surface area contributed by atoms with Gasteiger partial charge in [-0.2, -0.15) is 13.0 Å². The molecule has 0 aliphatic carbocycles. The maximum Gasteiger partial charge on any atom is 0.376 e. The summed E-state index contributed by atoms with van der Waals surface area (Å²) in [5, 5.41) is 2.58. The molecular weight excluding hydrogens is 677 g/mol. The van der Waals surface area contributed by atoms with E-state index in [1.165, 1.54) is 11.8 Å². The Balaban J connectivity index is 1.60. The number of sulfonamides is 1. The standard InChI is InChI=1S/C25H22IN3O7S3/c1-38(31,32)27-23(30)15-29-20-13-18(26)7-8-22(20)37-25(29)14-24-28(9-4-10-39(33,34)35)19-11-16-5-2-3-6-17(16)12-21(19)36-24/h2-3,5-8,11-14H,4,9-10,15H2,1H3,(H-,27,30,33,34,35)/p+1. The smallest absolute Gasteiger partial charge is 0.376 e. The van der Waals surface area contributed by atoms with Crippen molar-refractivity contribution in [3.63, 3.8) is 0 Å². The number of nitrogens with one attached hydrogen (secondary N) is 1. The Morgan fingerprint density at radius 2 is 1.85 bits per heavy atom. The van der Waals surface area contributed by atoms with E-state index < -0.39 is 31.8 Å². The third-order valence-electron chi connectivity index (χ3n) is 5.92. The highest BCUT2D eigenvalue weighted by Crippen LogP contribution is 2.47. The van der Waals surface area contributed by atoms with Crippen molar-refractivity contribution < 1.29 is 35.2 Å². The lowest BCUT2D eigenvalue weighted by Gasteiger charge is -2.19. The second kappa shape index (κ2) is 10.7. The molecule has 4 aromatic rings. The van der Waals surface area contributed by atoms with Crippen molar-refractivity contribution in [2.24, 2.45) is 0 Å². The molecule has 0 saturated carbocycles. The second-order valence-electron chi connectivity index (χ2n) is 8.98. The van der Waals surface area contributed by atoms with Crippen LogP contribution in [0.5, 0.6) is 0 Å². The summed E-state index contributed by atoms with van der Waals surface area (Å²) in [6.07, 6.45) is 2.82. The van der Waals surface area contributed by atoms with E-state index in [0.717, 1.165) is 36.7 Å². The number of aryl methyl sites for hydroxylation is 1. The van der Waals surface area contributed by atoms with E-state index in [1.54, 1.807) is 11.0 Å². The van der Waals surface area contributed by atoms with E-state index in [9.17, 15) is 26.2 Å². The number of hydrogen-bond donors (Lipinski definition) is 2. The Labute approximate surface area is 243 Å². The molecule has 0 bridgehead atoms. The molecule has 0 spiro atoms. The molecule has 1 aliphatic heterocycles. The van der Waals surface area contributed by atoms with Gasteiger partial charge in [0.2, 0.25) is 15.6 Å². The average Bonchev–Trinajstić information content (AvgIpc) is 3.32. The number of benzene rings is 3. The SMILES string of the molecule is CS(=O)(=O)NC(=O)CN1C(=Cc2oc3cc4ccccc4cc3[n+]2CCCS(=O)(=O)O)Sc2ccc(I)cc21. The van der Waals surface area contributed by atoms with Gasteiger partial charge in [-0.05, 0) is 57.6 Å². The minimum Gasteiger partial charge on any atom is -0.398 e. The molecule has 1 aliphatic rings. The highest BCUT2D eigenvalue weighted by atomic mass is 127. The minimum atomic E-state index is -4.14. The van der Waals surface area contributed by atoms with E-state index in [-0.39, 0.29) is 19.5 Å². The van der Waals surface area contributed by atoms with Crippen LogP contribution in [0.25, 0.3) is 27.9 Å². The zero-order chi connectivity index (χ0) is 27.9. The number of hydrogen-bond acceptors (Lipinski definition) is 8. The number of carbonyl (C=O) groups is 1. The normalized spacial score (nSPS) is 14.8. The molecule has 5 rings (SSSR count). The van der Waals surface area contributed by atoms with Crippen molar-refractivity contribution in [2.75, 3.05) is 23.5 Å². The summed E-state index contributed by atoms with van der Waals surface area (Å²) in [5.74, 6) is -0.686. The van der Waals surface area contributed by atoms with Gasteiger partial charge in [-0.15, -0.1) is 0 Å². The fraction of sp³-hybridized carbons (Fsp3) is 0.200. The number of aromatic nitrogens is 1. The van der Waals surface area contributed by atoms with Crippen LogP contribution >= 0.6 is 34.4 Å². The monoisotopic (exact) mass is 700 g/mol. The molecule has 0 unspecified atom stereocenters. The Morgan fingerprint density at radius 3 is 2.54 bits per heavy atom. The number of fused-ring (bicyclic) bond motifs is 3. The summed E-state index contributed by atoms with van der Waals surface area (Å²) in [5.41, 5.74) is 2.08. The van der Waals surface area contributed by atoms with Gasteiger partial charge in [0.25, 0.3) is 21.5 Å². The lowest BCUT2D eigenvalue weighted by molar-refractivity contribution is -0.677. The molecule has 2 N–H and O–H groups in total. The summed E-state index contributed by atoms with van der Waals surface area (Å²) in [6, 6.07) is 17.4. The maximum absolute atomic E-state index is 12.6. The zero-order valence-corrected chi connectivity index (χ0v) is 25.1. The quantitative estimate of drug-likeness (QED) is 0.160. The van der Waals surface area contributed by atoms with Crippen molar-refractivity contribution in [3.05, 3.63) is 69.1 Å². The highest BCUT2D eigenvalue weighted by molar-refractivity contribution is 14.1. The summed E-state index contributed by atoms with van der Waals surface area (Å²) >= 11 is 3.57. The highest BCUT2D eigenvalue weighted by Gasteiger charge is 2.31. The fourth-order valence-corrected chi connectivity index (χ4v) is 6.88. The third kappa shape index (κ3) is 6.57. The first kappa shape index (κ1) is 27.9. The zero-order valence-electron chi connectivity index (χ0n) is 20.5. The Bertz CT molecular complexity index is 1870. The Hall–Kier alpha value is -2.66. The van der Waals surface area contributed by atoms with E-state index in [1.807, 2.05) is 63.9 Å². The Morgan fingerprint density at radius 1 is 1.13 bits per heavy atom. The molecule has 10 nitrogen and oxygen atoms in total. The van der Waals surface area contributed by atoms with Crippen molar-refractivity contribution >= 4 is 94.0 Å². The topological polar surface area (TPSA) is 138 Å². The molecule has 0 saturated heterocycles. The fourth-order valence-electron chi connectivity index (χ4n) is 4.36. The van der Waals surface area contributed by atoms with Gasteiger partial charge in [0.05, 0.1) is 28.8 Å². The van der Waals surface area contributed by atoms with Gasteiger partial charge >= 0.3 is 5.89 Å². The predicted molar refractivity (Wildman–Crippen MR) is 158 cm³/mol. The van der Waals surface area contributed by atoms with Gasteiger partial charge in [-0.25, -0.2) is 8.42 Å². The van der Waals surface area contributed by atoms with E-state index >= 15 is 0 Å². The molecule has 2 heterocycles. The van der Waals surface area contributed by atoms with Crippen LogP contribution in [0.15, 0.2) is 68.9 Å². The number of nitrogens with zero attached hydrogens (tertiary/aromatic N) is 2. The van der Waals surface area contributed by atoms with Crippen LogP contribution in [0, 0.1) is 3.57 Å². The average molecular weight is 701 g/mol. The lowest BCUT2D eigenvalue weighted by atomic mass is 10.1. The van der Waals surface area contributed by atoms with Gasteiger partial charge in [-0.3, -0.25) is 14.1 Å². The van der Waals surface area contributed by atoms with Crippen LogP contribution in [0.2, 0.25) is 0 Å². The van der Waals surface area contributed by atoms with Crippen molar-refractivity contribution in [2.45, 2.75) is 17.9 Å². The van der Waals surface area contributed by atoms with E-state index in [0.29, 0.717) is 16.5 Å². The van der Waals surface area contributed by atoms with Crippen LogP contribution in [0.4, 0.5) is 5.69 Å². The first-order valence-corrected chi connectivity index (χ1v) is 17.0. The van der Waals surface area contributed by atoms with Crippen LogP contribution in [0.3, 0.4) is 0 Å². The van der Waals surface area contributed by atoms with Gasteiger partial charge in [0.15, 0.2) is 6.54 Å². The minimum absolute atomic E-state index is 0.146. The second-order valence-corrected chi connectivity index (χ2v) is 14.6. The summed E-state index contributed by atoms with van der Waals surface area (Å²) in [6.45, 7) is 0.000187. The third-order valence-corrected chi connectivity index (χ3v) is 9.11. The number of amides is 1. The van der Waals surface area contributed by atoms with Crippen LogP contribution in [-0.4, -0.2) is 45.8 Å². The molecule has 0 radical (unpaired) electrons. The molecule has 0 atom stereocenters. The first-order valence-electron chi connectivity index (χ1n) is 11.6. The molecule has 39 heavy (non-hydrogen) atoms. The van der Waals surface area contributed by atoms with E-state index in [2.05, 4.69) is 22.6 Å². The number of oxazole rings is 1. The molecule has 3 aromatic carbocycles. The first-order chi connectivity index (χ1) is 18.4. The number of thioether (sulfide) groups is 1. The summed E-state index contributed by atoms with van der Waals surface area (Å²) in [7, 11) is -7.88. The molecule has 204 valence electrons. The molecule has 1 aromatic heterocycles. The molecule has 14 heteroatoms. The number of rotatable bonds is 8. The Kier molecular flexibility index (Phi) is 7.67. The molecule has 1 amide bonds. The molecular formula is C25H23IN3O7S3+. The van der Waals surface area contributed by atoms with Crippen molar-refractivity contribution in [3.8, 4) is 0 Å². The largest absolute Gasteiger partial charge is 0.398 e. The van der Waals surface area contributed by atoms with Crippen LogP contribution < -0.4 is 14.2 Å².